The smallest absolute Gasteiger partial charge is 0.317 e. The van der Waals surface area contributed by atoms with Crippen molar-refractivity contribution in [1.82, 2.24) is 19.9 Å². The van der Waals surface area contributed by atoms with Gasteiger partial charge in [-0.1, -0.05) is 18.2 Å². The summed E-state index contributed by atoms with van der Waals surface area (Å²) >= 11 is 0. The van der Waals surface area contributed by atoms with Crippen LogP contribution in [-0.4, -0.2) is 53.3 Å². The van der Waals surface area contributed by atoms with Gasteiger partial charge in [0.1, 0.15) is 18.2 Å². The minimum Gasteiger partial charge on any atom is -0.493 e. The monoisotopic (exact) mass is 403 g/mol. The zero-order valence-electron chi connectivity index (χ0n) is 16.8. The highest BCUT2D eigenvalue weighted by Gasteiger charge is 2.27. The second kappa shape index (κ2) is 7.62. The first kappa shape index (κ1) is 18.4. The Morgan fingerprint density at radius 2 is 1.80 bits per heavy atom. The first-order valence-corrected chi connectivity index (χ1v) is 9.75. The van der Waals surface area contributed by atoms with Crippen LogP contribution in [-0.2, 0) is 0 Å². The molecule has 0 spiro atoms. The van der Waals surface area contributed by atoms with Crippen LogP contribution in [0.1, 0.15) is 6.42 Å². The average molecular weight is 403 g/mol. The van der Waals surface area contributed by atoms with Gasteiger partial charge in [0.2, 0.25) is 0 Å². The average Bonchev–Trinajstić information content (AvgIpc) is 3.25. The van der Waals surface area contributed by atoms with E-state index in [0.29, 0.717) is 24.1 Å². The van der Waals surface area contributed by atoms with Gasteiger partial charge in [-0.3, -0.25) is 0 Å². The van der Waals surface area contributed by atoms with E-state index >= 15 is 0 Å². The highest BCUT2D eigenvalue weighted by Crippen LogP contribution is 2.35. The molecule has 8 heteroatoms. The lowest BCUT2D eigenvalue weighted by Crippen LogP contribution is -2.26. The largest absolute Gasteiger partial charge is 0.493 e. The van der Waals surface area contributed by atoms with Gasteiger partial charge in [0.25, 0.3) is 0 Å². The lowest BCUT2D eigenvalue weighted by atomic mass is 10.2. The second-order valence-electron chi connectivity index (χ2n) is 7.11. The summed E-state index contributed by atoms with van der Waals surface area (Å²) in [5, 5.41) is 1.91. The Bertz CT molecular complexity index is 1220. The van der Waals surface area contributed by atoms with E-state index in [9.17, 15) is 0 Å². The Hall–Kier alpha value is -3.68. The molecular weight excluding hydrogens is 382 g/mol. The third-order valence-electron chi connectivity index (χ3n) is 5.30. The summed E-state index contributed by atoms with van der Waals surface area (Å²) in [6.45, 7) is 1.51. The van der Waals surface area contributed by atoms with Crippen molar-refractivity contribution in [3.63, 3.8) is 0 Å². The molecule has 152 valence electrons. The molecule has 4 aromatic rings. The topological polar surface area (TPSA) is 82.5 Å². The molecule has 2 aromatic carbocycles. The van der Waals surface area contributed by atoms with E-state index in [1.165, 1.54) is 0 Å². The SMILES string of the molecule is COc1cc2ncnc(N3CC[C@@H](Oc4ncc5ccccc5n4)C3)c2cc1OC. The number of anilines is 1. The maximum Gasteiger partial charge on any atom is 0.317 e. The molecule has 1 aliphatic rings. The van der Waals surface area contributed by atoms with Crippen molar-refractivity contribution in [3.05, 3.63) is 48.9 Å². The second-order valence-corrected chi connectivity index (χ2v) is 7.11. The van der Waals surface area contributed by atoms with E-state index in [1.807, 2.05) is 36.4 Å². The van der Waals surface area contributed by atoms with Crippen LogP contribution >= 0.6 is 0 Å². The van der Waals surface area contributed by atoms with E-state index in [0.717, 1.165) is 40.6 Å². The lowest BCUT2D eigenvalue weighted by Gasteiger charge is -2.19. The van der Waals surface area contributed by atoms with Crippen molar-refractivity contribution in [2.24, 2.45) is 0 Å². The third-order valence-corrected chi connectivity index (χ3v) is 5.30. The van der Waals surface area contributed by atoms with E-state index < -0.39 is 0 Å². The first-order chi connectivity index (χ1) is 14.7. The Balaban J connectivity index is 1.39. The molecule has 0 saturated carbocycles. The summed E-state index contributed by atoms with van der Waals surface area (Å²) in [5.41, 5.74) is 1.68. The first-order valence-electron chi connectivity index (χ1n) is 9.75. The van der Waals surface area contributed by atoms with Crippen molar-refractivity contribution in [1.29, 1.82) is 0 Å². The standard InChI is InChI=1S/C22H21N5O3/c1-28-19-9-16-18(10-20(19)29-2)24-13-25-21(16)27-8-7-15(12-27)30-22-23-11-14-5-3-4-6-17(14)26-22/h3-6,9-11,13,15H,7-8,12H2,1-2H3/t15-/m1/s1. The summed E-state index contributed by atoms with van der Waals surface area (Å²) < 4.78 is 16.9. The number of hydrogen-bond acceptors (Lipinski definition) is 8. The fourth-order valence-electron chi connectivity index (χ4n) is 3.80. The highest BCUT2D eigenvalue weighted by molar-refractivity contribution is 5.92. The molecule has 0 radical (unpaired) electrons. The summed E-state index contributed by atoms with van der Waals surface area (Å²) in [6, 6.07) is 12.1. The van der Waals surface area contributed by atoms with Crippen LogP contribution in [0.5, 0.6) is 17.5 Å². The number of hydrogen-bond donors (Lipinski definition) is 0. The highest BCUT2D eigenvalue weighted by atomic mass is 16.5. The van der Waals surface area contributed by atoms with Crippen molar-refractivity contribution >= 4 is 27.6 Å². The summed E-state index contributed by atoms with van der Waals surface area (Å²) in [4.78, 5) is 20.0. The summed E-state index contributed by atoms with van der Waals surface area (Å²) in [7, 11) is 3.24. The van der Waals surface area contributed by atoms with E-state index in [-0.39, 0.29) is 6.10 Å². The minimum absolute atomic E-state index is 0.0173. The zero-order valence-corrected chi connectivity index (χ0v) is 16.8. The van der Waals surface area contributed by atoms with Gasteiger partial charge in [-0.05, 0) is 12.1 Å². The Kier molecular flexibility index (Phi) is 4.66. The molecule has 30 heavy (non-hydrogen) atoms. The maximum atomic E-state index is 6.08. The fourth-order valence-corrected chi connectivity index (χ4v) is 3.80. The van der Waals surface area contributed by atoms with Gasteiger partial charge in [0.05, 0.1) is 31.8 Å². The Morgan fingerprint density at radius 3 is 2.67 bits per heavy atom. The molecule has 0 bridgehead atoms. The molecule has 0 unspecified atom stereocenters. The van der Waals surface area contributed by atoms with Crippen molar-refractivity contribution in [3.8, 4) is 17.5 Å². The molecule has 0 N–H and O–H groups in total. The third kappa shape index (κ3) is 3.30. The van der Waals surface area contributed by atoms with E-state index in [1.54, 1.807) is 26.7 Å². The van der Waals surface area contributed by atoms with Crippen LogP contribution in [0, 0.1) is 0 Å². The molecule has 1 fully saturated rings. The zero-order chi connectivity index (χ0) is 20.5. The van der Waals surface area contributed by atoms with Crippen LogP contribution in [0.25, 0.3) is 21.8 Å². The molecule has 5 rings (SSSR count). The van der Waals surface area contributed by atoms with Crippen molar-refractivity contribution < 1.29 is 14.2 Å². The minimum atomic E-state index is -0.0173. The molecule has 3 heterocycles. The molecule has 1 atom stereocenters. The van der Waals surface area contributed by atoms with Gasteiger partial charge in [-0.15, -0.1) is 0 Å². The van der Waals surface area contributed by atoms with E-state index in [2.05, 4.69) is 24.8 Å². The number of para-hydroxylation sites is 1. The molecular formula is C22H21N5O3. The Morgan fingerprint density at radius 1 is 0.967 bits per heavy atom. The van der Waals surface area contributed by atoms with Crippen molar-refractivity contribution in [2.45, 2.75) is 12.5 Å². The summed E-state index contributed by atoms with van der Waals surface area (Å²) in [6.07, 6.45) is 4.21. The van der Waals surface area contributed by atoms with Crippen LogP contribution in [0.15, 0.2) is 48.9 Å². The van der Waals surface area contributed by atoms with Gasteiger partial charge < -0.3 is 19.1 Å². The van der Waals surface area contributed by atoms with Crippen LogP contribution in [0.2, 0.25) is 0 Å². The maximum absolute atomic E-state index is 6.08. The molecule has 1 aliphatic heterocycles. The normalized spacial score (nSPS) is 16.2. The number of rotatable bonds is 5. The number of benzene rings is 2. The predicted molar refractivity (Wildman–Crippen MR) is 113 cm³/mol. The molecule has 8 nitrogen and oxygen atoms in total. The molecule has 0 amide bonds. The molecule has 1 saturated heterocycles. The predicted octanol–water partition coefficient (Wildman–Crippen LogP) is 3.25. The number of ether oxygens (including phenoxy) is 3. The number of fused-ring (bicyclic) bond motifs is 2. The van der Waals surface area contributed by atoms with Gasteiger partial charge in [-0.2, -0.15) is 4.98 Å². The lowest BCUT2D eigenvalue weighted by molar-refractivity contribution is 0.207. The number of nitrogens with zero attached hydrogens (tertiary/aromatic N) is 5. The summed E-state index contributed by atoms with van der Waals surface area (Å²) in [5.74, 6) is 2.15. The van der Waals surface area contributed by atoms with Crippen LogP contribution in [0.3, 0.4) is 0 Å². The van der Waals surface area contributed by atoms with Gasteiger partial charge in [-0.25, -0.2) is 15.0 Å². The fraction of sp³-hybridized carbons (Fsp3) is 0.273. The number of methoxy groups -OCH3 is 2. The van der Waals surface area contributed by atoms with Crippen LogP contribution < -0.4 is 19.1 Å². The Labute approximate surface area is 173 Å². The molecule has 2 aromatic heterocycles. The number of aromatic nitrogens is 4. The quantitative estimate of drug-likeness (QED) is 0.502. The van der Waals surface area contributed by atoms with E-state index in [4.69, 9.17) is 14.2 Å². The van der Waals surface area contributed by atoms with Gasteiger partial charge >= 0.3 is 6.01 Å². The van der Waals surface area contributed by atoms with Gasteiger partial charge in [0, 0.05) is 36.0 Å². The van der Waals surface area contributed by atoms with Crippen molar-refractivity contribution in [2.75, 3.05) is 32.2 Å². The van der Waals surface area contributed by atoms with Crippen LogP contribution in [0.4, 0.5) is 5.82 Å². The van der Waals surface area contributed by atoms with Gasteiger partial charge in [0.15, 0.2) is 11.5 Å². The molecule has 0 aliphatic carbocycles.